The molecule has 6 heteroatoms. The normalized spacial score (nSPS) is 10.8. The monoisotopic (exact) mass is 343 g/mol. The molecule has 0 atom stereocenters. The zero-order valence-electron chi connectivity index (χ0n) is 13.8. The second-order valence-electron chi connectivity index (χ2n) is 5.60. The average Bonchev–Trinajstić information content (AvgIpc) is 2.84. The minimum absolute atomic E-state index is 0.222. The zero-order chi connectivity index (χ0) is 17.3. The van der Waals surface area contributed by atoms with Gasteiger partial charge in [0.1, 0.15) is 10.9 Å². The fourth-order valence-corrected chi connectivity index (χ4v) is 2.93. The first-order valence-corrected chi connectivity index (χ1v) is 7.91. The topological polar surface area (TPSA) is 56.1 Å². The average molecular weight is 344 g/mol. The standard InChI is InChI=1S/C18H18ClN3O2/c1-11-16(17(19)22(2)21-11)18(23)20-10-12-4-5-14-9-15(24-3)7-6-13(14)8-12/h4-9H,10H2,1-3H3,(H,20,23). The Bertz CT molecular complexity index is 918. The number of amides is 1. The number of aryl methyl sites for hydroxylation is 2. The van der Waals surface area contributed by atoms with Crippen LogP contribution in [0, 0.1) is 6.92 Å². The summed E-state index contributed by atoms with van der Waals surface area (Å²) in [4.78, 5) is 12.4. The Morgan fingerprint density at radius 3 is 2.62 bits per heavy atom. The zero-order valence-corrected chi connectivity index (χ0v) is 14.5. The highest BCUT2D eigenvalue weighted by molar-refractivity contribution is 6.33. The number of hydrogen-bond donors (Lipinski definition) is 1. The molecule has 1 heterocycles. The molecule has 0 spiro atoms. The lowest BCUT2D eigenvalue weighted by Gasteiger charge is -2.08. The molecule has 1 N–H and O–H groups in total. The molecule has 0 aliphatic heterocycles. The maximum atomic E-state index is 12.4. The van der Waals surface area contributed by atoms with Crippen LogP contribution in [0.4, 0.5) is 0 Å². The van der Waals surface area contributed by atoms with E-state index in [2.05, 4.69) is 10.4 Å². The van der Waals surface area contributed by atoms with E-state index in [4.69, 9.17) is 16.3 Å². The summed E-state index contributed by atoms with van der Waals surface area (Å²) in [5.41, 5.74) is 2.05. The summed E-state index contributed by atoms with van der Waals surface area (Å²) < 4.78 is 6.72. The van der Waals surface area contributed by atoms with E-state index in [0.29, 0.717) is 23.0 Å². The van der Waals surface area contributed by atoms with Crippen LogP contribution in [-0.2, 0) is 13.6 Å². The first-order valence-electron chi connectivity index (χ1n) is 7.53. The Morgan fingerprint density at radius 2 is 1.96 bits per heavy atom. The number of hydrogen-bond acceptors (Lipinski definition) is 3. The van der Waals surface area contributed by atoms with Gasteiger partial charge in [-0.2, -0.15) is 5.10 Å². The summed E-state index contributed by atoms with van der Waals surface area (Å²) >= 11 is 6.13. The SMILES string of the molecule is COc1ccc2cc(CNC(=O)c3c(C)nn(C)c3Cl)ccc2c1. The van der Waals surface area contributed by atoms with Crippen LogP contribution in [0.5, 0.6) is 5.75 Å². The number of carbonyl (C=O) groups excluding carboxylic acids is 1. The maximum absolute atomic E-state index is 12.4. The Labute approximate surface area is 145 Å². The van der Waals surface area contributed by atoms with Crippen molar-refractivity contribution in [3.63, 3.8) is 0 Å². The Hall–Kier alpha value is -2.53. The fourth-order valence-electron chi connectivity index (χ4n) is 2.67. The third kappa shape index (κ3) is 3.08. The molecule has 124 valence electrons. The molecule has 0 radical (unpaired) electrons. The molecule has 0 saturated carbocycles. The highest BCUT2D eigenvalue weighted by atomic mass is 35.5. The molecule has 1 aromatic heterocycles. The van der Waals surface area contributed by atoms with Gasteiger partial charge in [0.2, 0.25) is 0 Å². The molecule has 24 heavy (non-hydrogen) atoms. The van der Waals surface area contributed by atoms with Crippen LogP contribution in [-0.4, -0.2) is 22.8 Å². The number of nitrogens with zero attached hydrogens (tertiary/aromatic N) is 2. The summed E-state index contributed by atoms with van der Waals surface area (Å²) in [6.45, 7) is 2.19. The molecule has 0 aliphatic rings. The second-order valence-corrected chi connectivity index (χ2v) is 5.96. The van der Waals surface area contributed by atoms with Gasteiger partial charge in [0.15, 0.2) is 0 Å². The number of fused-ring (bicyclic) bond motifs is 1. The number of halogens is 1. The number of rotatable bonds is 4. The lowest BCUT2D eigenvalue weighted by atomic mass is 10.1. The van der Waals surface area contributed by atoms with Gasteiger partial charge in [-0.05, 0) is 41.5 Å². The van der Waals surface area contributed by atoms with Gasteiger partial charge in [-0.3, -0.25) is 9.48 Å². The van der Waals surface area contributed by atoms with Gasteiger partial charge in [0, 0.05) is 13.6 Å². The van der Waals surface area contributed by atoms with Crippen LogP contribution in [0.2, 0.25) is 5.15 Å². The van der Waals surface area contributed by atoms with E-state index in [0.717, 1.165) is 22.1 Å². The lowest BCUT2D eigenvalue weighted by Crippen LogP contribution is -2.23. The number of methoxy groups -OCH3 is 1. The first kappa shape index (κ1) is 16.3. The smallest absolute Gasteiger partial charge is 0.256 e. The minimum atomic E-state index is -0.222. The van der Waals surface area contributed by atoms with E-state index >= 15 is 0 Å². The van der Waals surface area contributed by atoms with Crippen molar-refractivity contribution >= 4 is 28.3 Å². The molecule has 3 rings (SSSR count). The number of carbonyl (C=O) groups is 1. The van der Waals surface area contributed by atoms with Crippen LogP contribution in [0.15, 0.2) is 36.4 Å². The minimum Gasteiger partial charge on any atom is -0.497 e. The molecule has 0 fully saturated rings. The highest BCUT2D eigenvalue weighted by Gasteiger charge is 2.18. The summed E-state index contributed by atoms with van der Waals surface area (Å²) in [7, 11) is 3.36. The van der Waals surface area contributed by atoms with Gasteiger partial charge in [-0.1, -0.05) is 29.8 Å². The van der Waals surface area contributed by atoms with Crippen molar-refractivity contribution < 1.29 is 9.53 Å². The molecule has 0 aliphatic carbocycles. The van der Waals surface area contributed by atoms with Crippen molar-refractivity contribution in [2.24, 2.45) is 7.05 Å². The van der Waals surface area contributed by atoms with Gasteiger partial charge in [0.05, 0.1) is 18.4 Å². The van der Waals surface area contributed by atoms with Crippen molar-refractivity contribution in [1.29, 1.82) is 0 Å². The van der Waals surface area contributed by atoms with E-state index in [1.807, 2.05) is 36.4 Å². The molecule has 0 bridgehead atoms. The number of aromatic nitrogens is 2. The van der Waals surface area contributed by atoms with E-state index in [-0.39, 0.29) is 5.91 Å². The van der Waals surface area contributed by atoms with E-state index in [9.17, 15) is 4.79 Å². The van der Waals surface area contributed by atoms with E-state index < -0.39 is 0 Å². The van der Waals surface area contributed by atoms with Crippen LogP contribution in [0.25, 0.3) is 10.8 Å². The van der Waals surface area contributed by atoms with Crippen molar-refractivity contribution in [2.45, 2.75) is 13.5 Å². The predicted molar refractivity (Wildman–Crippen MR) is 94.6 cm³/mol. The van der Waals surface area contributed by atoms with Crippen molar-refractivity contribution in [1.82, 2.24) is 15.1 Å². The van der Waals surface area contributed by atoms with Crippen LogP contribution in [0.3, 0.4) is 0 Å². The quantitative estimate of drug-likeness (QED) is 0.789. The summed E-state index contributed by atoms with van der Waals surface area (Å²) in [5, 5.41) is 9.58. The third-order valence-corrected chi connectivity index (χ3v) is 4.38. The first-order chi connectivity index (χ1) is 11.5. The van der Waals surface area contributed by atoms with Crippen molar-refractivity contribution in [3.8, 4) is 5.75 Å². The van der Waals surface area contributed by atoms with E-state index in [1.54, 1.807) is 21.1 Å². The summed E-state index contributed by atoms with van der Waals surface area (Å²) in [6, 6.07) is 12.0. The molecule has 5 nitrogen and oxygen atoms in total. The lowest BCUT2D eigenvalue weighted by molar-refractivity contribution is 0.0950. The molecule has 0 unspecified atom stereocenters. The van der Waals surface area contributed by atoms with E-state index in [1.165, 1.54) is 4.68 Å². The molecule has 0 saturated heterocycles. The van der Waals surface area contributed by atoms with Gasteiger partial charge in [0.25, 0.3) is 5.91 Å². The maximum Gasteiger partial charge on any atom is 0.256 e. The van der Waals surface area contributed by atoms with Crippen LogP contribution < -0.4 is 10.1 Å². The summed E-state index contributed by atoms with van der Waals surface area (Å²) in [5.74, 6) is 0.602. The van der Waals surface area contributed by atoms with Crippen LogP contribution >= 0.6 is 11.6 Å². The molecular formula is C18H18ClN3O2. The van der Waals surface area contributed by atoms with Crippen molar-refractivity contribution in [2.75, 3.05) is 7.11 Å². The number of ether oxygens (including phenoxy) is 1. The number of benzene rings is 2. The predicted octanol–water partition coefficient (Wildman–Crippen LogP) is 3.47. The number of nitrogens with one attached hydrogen (secondary N) is 1. The Kier molecular flexibility index (Phi) is 4.44. The largest absolute Gasteiger partial charge is 0.497 e. The summed E-state index contributed by atoms with van der Waals surface area (Å²) in [6.07, 6.45) is 0. The Balaban J connectivity index is 1.76. The van der Waals surface area contributed by atoms with Gasteiger partial charge in [-0.15, -0.1) is 0 Å². The third-order valence-electron chi connectivity index (χ3n) is 3.94. The fraction of sp³-hybridized carbons (Fsp3) is 0.222. The highest BCUT2D eigenvalue weighted by Crippen LogP contribution is 2.22. The molecule has 1 amide bonds. The Morgan fingerprint density at radius 1 is 1.25 bits per heavy atom. The van der Waals surface area contributed by atoms with Crippen LogP contribution in [0.1, 0.15) is 21.6 Å². The molecular weight excluding hydrogens is 326 g/mol. The van der Waals surface area contributed by atoms with Crippen molar-refractivity contribution in [3.05, 3.63) is 58.4 Å². The molecule has 3 aromatic rings. The second kappa shape index (κ2) is 6.53. The van der Waals surface area contributed by atoms with Gasteiger partial charge >= 0.3 is 0 Å². The van der Waals surface area contributed by atoms with Gasteiger partial charge < -0.3 is 10.1 Å². The van der Waals surface area contributed by atoms with Gasteiger partial charge in [-0.25, -0.2) is 0 Å². The molecule has 2 aromatic carbocycles.